The molecule has 0 aliphatic rings. The fourth-order valence-corrected chi connectivity index (χ4v) is 5.52. The zero-order valence-electron chi connectivity index (χ0n) is 22.1. The summed E-state index contributed by atoms with van der Waals surface area (Å²) >= 11 is 6.33. The molecule has 0 heterocycles. The highest BCUT2D eigenvalue weighted by Crippen LogP contribution is 2.32. The number of hydrogen-bond donors (Lipinski definition) is 1. The van der Waals surface area contributed by atoms with Crippen molar-refractivity contribution in [2.24, 2.45) is 0 Å². The molecule has 0 saturated heterocycles. The highest BCUT2D eigenvalue weighted by atomic mass is 35.5. The Morgan fingerprint density at radius 2 is 1.55 bits per heavy atom. The fourth-order valence-electron chi connectivity index (χ4n) is 3.86. The van der Waals surface area contributed by atoms with Gasteiger partial charge in [-0.25, -0.2) is 8.42 Å². The Morgan fingerprint density at radius 3 is 2.08 bits per heavy atom. The minimum Gasteiger partial charge on any atom is -0.495 e. The molecule has 1 N–H and O–H groups in total. The molecule has 10 heteroatoms. The quantitative estimate of drug-likeness (QED) is 0.400. The van der Waals surface area contributed by atoms with Crippen molar-refractivity contribution in [2.75, 3.05) is 25.0 Å². The number of nitrogens with one attached hydrogen (secondary N) is 1. The lowest BCUT2D eigenvalue weighted by Crippen LogP contribution is -2.50. The third-order valence-electron chi connectivity index (χ3n) is 6.20. The van der Waals surface area contributed by atoms with E-state index in [4.69, 9.17) is 16.3 Å². The Kier molecular flexibility index (Phi) is 9.40. The number of carbonyl (C=O) groups excluding carboxylic acids is 2. The van der Waals surface area contributed by atoms with Crippen molar-refractivity contribution in [1.82, 2.24) is 10.2 Å². The summed E-state index contributed by atoms with van der Waals surface area (Å²) in [6, 6.07) is 17.6. The topological polar surface area (TPSA) is 96.0 Å². The maximum atomic E-state index is 13.8. The summed E-state index contributed by atoms with van der Waals surface area (Å²) in [4.78, 5) is 27.7. The summed E-state index contributed by atoms with van der Waals surface area (Å²) in [7, 11) is -1.24. The van der Waals surface area contributed by atoms with Crippen LogP contribution in [0.3, 0.4) is 0 Å². The lowest BCUT2D eigenvalue weighted by molar-refractivity contribution is -0.139. The number of anilines is 1. The van der Waals surface area contributed by atoms with Crippen LogP contribution in [0.4, 0.5) is 5.69 Å². The van der Waals surface area contributed by atoms with E-state index in [0.29, 0.717) is 5.75 Å². The van der Waals surface area contributed by atoms with E-state index in [-0.39, 0.29) is 28.1 Å². The van der Waals surface area contributed by atoms with Gasteiger partial charge in [0.15, 0.2) is 0 Å². The molecule has 0 fully saturated rings. The molecule has 0 aliphatic carbocycles. The van der Waals surface area contributed by atoms with Crippen LogP contribution >= 0.6 is 11.6 Å². The lowest BCUT2D eigenvalue weighted by Gasteiger charge is -2.32. The second-order valence-electron chi connectivity index (χ2n) is 8.94. The lowest BCUT2D eigenvalue weighted by atomic mass is 10.1. The summed E-state index contributed by atoms with van der Waals surface area (Å²) in [5.41, 5.74) is 2.94. The Labute approximate surface area is 229 Å². The molecular weight excluding hydrogens is 526 g/mol. The summed E-state index contributed by atoms with van der Waals surface area (Å²) in [5, 5.41) is 2.76. The van der Waals surface area contributed by atoms with Gasteiger partial charge in [0.25, 0.3) is 10.0 Å². The molecule has 0 saturated carbocycles. The number of halogens is 1. The Balaban J connectivity index is 2.06. The van der Waals surface area contributed by atoms with Gasteiger partial charge in [0.1, 0.15) is 18.3 Å². The number of nitrogens with zero attached hydrogens (tertiary/aromatic N) is 2. The molecule has 1 atom stereocenters. The van der Waals surface area contributed by atoms with Crippen molar-refractivity contribution < 1.29 is 22.7 Å². The van der Waals surface area contributed by atoms with Gasteiger partial charge in [-0.3, -0.25) is 13.9 Å². The smallest absolute Gasteiger partial charge is 0.264 e. The van der Waals surface area contributed by atoms with Crippen LogP contribution in [0.2, 0.25) is 5.02 Å². The molecule has 2 amide bonds. The summed E-state index contributed by atoms with van der Waals surface area (Å²) in [6.45, 7) is 4.98. The SMILES string of the molecule is CNC(=O)[C@H](C)N(Cc1ccc(C)cc1)C(=O)CN(c1ccc(OC)c(Cl)c1)S(=O)(=O)c1ccc(C)cc1. The van der Waals surface area contributed by atoms with Gasteiger partial charge in [0.2, 0.25) is 11.8 Å². The molecule has 0 aliphatic heterocycles. The van der Waals surface area contributed by atoms with E-state index in [1.165, 1.54) is 49.4 Å². The molecule has 0 aromatic heterocycles. The van der Waals surface area contributed by atoms with Gasteiger partial charge < -0.3 is 15.0 Å². The predicted octanol–water partition coefficient (Wildman–Crippen LogP) is 4.32. The van der Waals surface area contributed by atoms with Crippen molar-refractivity contribution in [3.63, 3.8) is 0 Å². The normalized spacial score (nSPS) is 11.9. The largest absolute Gasteiger partial charge is 0.495 e. The number of aryl methyl sites for hydroxylation is 2. The molecule has 0 bridgehead atoms. The number of ether oxygens (including phenoxy) is 1. The first kappa shape index (κ1) is 29.0. The average molecular weight is 558 g/mol. The van der Waals surface area contributed by atoms with E-state index >= 15 is 0 Å². The molecule has 3 aromatic carbocycles. The molecule has 8 nitrogen and oxygen atoms in total. The zero-order chi connectivity index (χ0) is 28.0. The highest BCUT2D eigenvalue weighted by molar-refractivity contribution is 7.92. The first-order valence-corrected chi connectivity index (χ1v) is 13.8. The van der Waals surface area contributed by atoms with Crippen LogP contribution < -0.4 is 14.4 Å². The molecule has 0 spiro atoms. The first-order chi connectivity index (χ1) is 18.0. The fraction of sp³-hybridized carbons (Fsp3) is 0.286. The number of sulfonamides is 1. The molecule has 3 aromatic rings. The summed E-state index contributed by atoms with van der Waals surface area (Å²) in [5.74, 6) is -0.557. The van der Waals surface area contributed by atoms with Crippen molar-refractivity contribution in [2.45, 2.75) is 38.3 Å². The predicted molar refractivity (Wildman–Crippen MR) is 149 cm³/mol. The molecule has 0 unspecified atom stereocenters. The van der Waals surface area contributed by atoms with Gasteiger partial charge >= 0.3 is 0 Å². The Morgan fingerprint density at radius 1 is 0.974 bits per heavy atom. The van der Waals surface area contributed by atoms with Crippen LogP contribution in [-0.2, 0) is 26.2 Å². The van der Waals surface area contributed by atoms with Crippen molar-refractivity contribution >= 4 is 39.1 Å². The van der Waals surface area contributed by atoms with Crippen molar-refractivity contribution in [3.8, 4) is 5.75 Å². The van der Waals surface area contributed by atoms with E-state index in [1.807, 2.05) is 38.1 Å². The van der Waals surface area contributed by atoms with Gasteiger partial charge in [-0.2, -0.15) is 0 Å². The van der Waals surface area contributed by atoms with Gasteiger partial charge in [-0.05, 0) is 56.7 Å². The number of rotatable bonds is 10. The third kappa shape index (κ3) is 6.65. The average Bonchev–Trinajstić information content (AvgIpc) is 2.90. The standard InChI is InChI=1S/C28H32ClN3O5S/c1-19-6-10-22(11-7-19)17-31(21(3)28(34)30-4)27(33)18-32(23-12-15-26(37-5)25(29)16-23)38(35,36)24-13-8-20(2)9-14-24/h6-16,21H,17-18H2,1-5H3,(H,30,34)/t21-/m0/s1. The number of carbonyl (C=O) groups is 2. The molecule has 0 radical (unpaired) electrons. The van der Waals surface area contributed by atoms with Crippen molar-refractivity contribution in [1.29, 1.82) is 0 Å². The first-order valence-electron chi connectivity index (χ1n) is 12.0. The van der Waals surface area contributed by atoms with E-state index in [1.54, 1.807) is 19.1 Å². The Hall–Kier alpha value is -3.56. The maximum absolute atomic E-state index is 13.8. The van der Waals surface area contributed by atoms with Crippen LogP contribution in [0.15, 0.2) is 71.6 Å². The van der Waals surface area contributed by atoms with Crippen molar-refractivity contribution in [3.05, 3.63) is 88.4 Å². The van der Waals surface area contributed by atoms with Crippen LogP contribution in [0.5, 0.6) is 5.75 Å². The molecule has 38 heavy (non-hydrogen) atoms. The number of likely N-dealkylation sites (N-methyl/N-ethyl adjacent to an activating group) is 1. The van der Waals surface area contributed by atoms with Crippen LogP contribution in [-0.4, -0.2) is 51.9 Å². The minimum atomic E-state index is -4.18. The van der Waals surface area contributed by atoms with Crippen LogP contribution in [0.25, 0.3) is 0 Å². The highest BCUT2D eigenvalue weighted by Gasteiger charge is 2.32. The summed E-state index contributed by atoms with van der Waals surface area (Å²) < 4.78 is 33.9. The van der Waals surface area contributed by atoms with Gasteiger partial charge in [0.05, 0.1) is 22.7 Å². The molecule has 3 rings (SSSR count). The van der Waals surface area contributed by atoms with Gasteiger partial charge in [0, 0.05) is 13.6 Å². The van der Waals surface area contributed by atoms with Gasteiger partial charge in [-0.1, -0.05) is 59.1 Å². The zero-order valence-corrected chi connectivity index (χ0v) is 23.6. The Bertz CT molecular complexity index is 1390. The number of amides is 2. The van der Waals surface area contributed by atoms with E-state index in [0.717, 1.165) is 21.0 Å². The van der Waals surface area contributed by atoms with E-state index in [9.17, 15) is 18.0 Å². The maximum Gasteiger partial charge on any atom is 0.264 e. The molecular formula is C28H32ClN3O5S. The van der Waals surface area contributed by atoms with Crippen LogP contribution in [0.1, 0.15) is 23.6 Å². The summed E-state index contributed by atoms with van der Waals surface area (Å²) in [6.07, 6.45) is 0. The van der Waals surface area contributed by atoms with Gasteiger partial charge in [-0.15, -0.1) is 0 Å². The minimum absolute atomic E-state index is 0.0206. The van der Waals surface area contributed by atoms with E-state index in [2.05, 4.69) is 5.32 Å². The third-order valence-corrected chi connectivity index (χ3v) is 8.28. The second kappa shape index (κ2) is 12.3. The molecule has 202 valence electrons. The van der Waals surface area contributed by atoms with Crippen LogP contribution in [0, 0.1) is 13.8 Å². The monoisotopic (exact) mass is 557 g/mol. The number of hydrogen-bond acceptors (Lipinski definition) is 5. The second-order valence-corrected chi connectivity index (χ2v) is 11.2. The number of methoxy groups -OCH3 is 1. The van der Waals surface area contributed by atoms with E-state index < -0.39 is 28.5 Å². The number of benzene rings is 3.